The Balaban J connectivity index is 2.21. The molecule has 1 unspecified atom stereocenters. The lowest BCUT2D eigenvalue weighted by molar-refractivity contribution is 0.193. The van der Waals surface area contributed by atoms with Crippen LogP contribution >= 0.6 is 0 Å². The molecular weight excluding hydrogens is 174 g/mol. The molecule has 0 amide bonds. The number of aromatic nitrogens is 1. The monoisotopic (exact) mass is 191 g/mol. The zero-order valence-electron chi connectivity index (χ0n) is 8.86. The summed E-state index contributed by atoms with van der Waals surface area (Å²) in [4.78, 5) is 4.42. The van der Waals surface area contributed by atoms with Crippen molar-refractivity contribution >= 4 is 0 Å². The van der Waals surface area contributed by atoms with Gasteiger partial charge in [0.2, 0.25) is 0 Å². The maximum absolute atomic E-state index is 5.37. The molecular formula is C12H17NO. The van der Waals surface area contributed by atoms with Gasteiger partial charge in [-0.05, 0) is 30.0 Å². The van der Waals surface area contributed by atoms with E-state index >= 15 is 0 Å². The molecule has 1 aliphatic rings. The van der Waals surface area contributed by atoms with Crippen molar-refractivity contribution in [1.82, 2.24) is 4.98 Å². The van der Waals surface area contributed by atoms with E-state index in [2.05, 4.69) is 31.0 Å². The van der Waals surface area contributed by atoms with Crippen molar-refractivity contribution < 1.29 is 4.74 Å². The van der Waals surface area contributed by atoms with E-state index < -0.39 is 0 Å². The maximum atomic E-state index is 5.37. The predicted molar refractivity (Wildman–Crippen MR) is 56.5 cm³/mol. The molecule has 0 bridgehead atoms. The number of ether oxygens (including phenoxy) is 1. The Labute approximate surface area is 85.3 Å². The van der Waals surface area contributed by atoms with E-state index in [4.69, 9.17) is 4.74 Å². The molecule has 1 atom stereocenters. The molecule has 2 heterocycles. The molecule has 2 rings (SSSR count). The highest BCUT2D eigenvalue weighted by molar-refractivity contribution is 5.22. The minimum Gasteiger partial charge on any atom is -0.381 e. The zero-order valence-corrected chi connectivity index (χ0v) is 8.86. The van der Waals surface area contributed by atoms with Crippen LogP contribution in [0.25, 0.3) is 0 Å². The highest BCUT2D eigenvalue weighted by atomic mass is 16.5. The molecule has 0 N–H and O–H groups in total. The smallest absolute Gasteiger partial charge is 0.0550 e. The normalized spacial score (nSPS) is 21.8. The summed E-state index contributed by atoms with van der Waals surface area (Å²) in [6.07, 6.45) is 3.04. The lowest BCUT2D eigenvalue weighted by Gasteiger charge is -2.10. The summed E-state index contributed by atoms with van der Waals surface area (Å²) in [5.74, 6) is 1.10. The highest BCUT2D eigenvalue weighted by Gasteiger charge is 2.19. The number of rotatable bonds is 2. The maximum Gasteiger partial charge on any atom is 0.0550 e. The number of hydrogen-bond acceptors (Lipinski definition) is 2. The van der Waals surface area contributed by atoms with Crippen molar-refractivity contribution in [3.63, 3.8) is 0 Å². The van der Waals surface area contributed by atoms with E-state index in [1.165, 1.54) is 11.3 Å². The molecule has 0 aliphatic carbocycles. The molecule has 0 spiro atoms. The average molecular weight is 191 g/mol. The molecule has 1 aliphatic heterocycles. The van der Waals surface area contributed by atoms with E-state index in [9.17, 15) is 0 Å². The minimum atomic E-state index is 0.522. The van der Waals surface area contributed by atoms with Gasteiger partial charge in [0, 0.05) is 24.4 Å². The summed E-state index contributed by atoms with van der Waals surface area (Å²) >= 11 is 0. The van der Waals surface area contributed by atoms with Crippen molar-refractivity contribution in [1.29, 1.82) is 0 Å². The van der Waals surface area contributed by atoms with Gasteiger partial charge in [-0.1, -0.05) is 13.8 Å². The first-order valence-corrected chi connectivity index (χ1v) is 5.31. The number of hydrogen-bond donors (Lipinski definition) is 0. The van der Waals surface area contributed by atoms with Gasteiger partial charge in [0.15, 0.2) is 0 Å². The van der Waals surface area contributed by atoms with Gasteiger partial charge in [0.25, 0.3) is 0 Å². The topological polar surface area (TPSA) is 22.1 Å². The van der Waals surface area contributed by atoms with Crippen molar-refractivity contribution in [3.05, 3.63) is 29.6 Å². The lowest BCUT2D eigenvalue weighted by Crippen LogP contribution is -2.02. The van der Waals surface area contributed by atoms with Gasteiger partial charge in [-0.15, -0.1) is 0 Å². The molecule has 14 heavy (non-hydrogen) atoms. The summed E-state index contributed by atoms with van der Waals surface area (Å²) in [6.45, 7) is 6.15. The van der Waals surface area contributed by atoms with Gasteiger partial charge < -0.3 is 4.74 Å². The minimum absolute atomic E-state index is 0.522. The van der Waals surface area contributed by atoms with Crippen molar-refractivity contribution in [2.75, 3.05) is 13.2 Å². The van der Waals surface area contributed by atoms with Crippen molar-refractivity contribution in [2.24, 2.45) is 0 Å². The van der Waals surface area contributed by atoms with E-state index in [1.807, 2.05) is 6.20 Å². The Kier molecular flexibility index (Phi) is 2.82. The first kappa shape index (κ1) is 9.66. The van der Waals surface area contributed by atoms with Crippen LogP contribution < -0.4 is 0 Å². The zero-order chi connectivity index (χ0) is 9.97. The summed E-state index contributed by atoms with van der Waals surface area (Å²) in [5.41, 5.74) is 2.58. The molecule has 1 aromatic rings. The van der Waals surface area contributed by atoms with Crippen LogP contribution in [0.4, 0.5) is 0 Å². The summed E-state index contributed by atoms with van der Waals surface area (Å²) in [7, 11) is 0. The summed E-state index contributed by atoms with van der Waals surface area (Å²) < 4.78 is 5.37. The fourth-order valence-electron chi connectivity index (χ4n) is 1.82. The Bertz CT molecular complexity index is 303. The standard InChI is InChI=1S/C12H17NO/c1-9(2)10-3-5-13-12(7-10)11-4-6-14-8-11/h3,5,7,9,11H,4,6,8H2,1-2H3. The van der Waals surface area contributed by atoms with Gasteiger partial charge in [0.1, 0.15) is 0 Å². The molecule has 1 saturated heterocycles. The molecule has 0 saturated carbocycles. The van der Waals surface area contributed by atoms with Crippen LogP contribution in [-0.4, -0.2) is 18.2 Å². The Morgan fingerprint density at radius 1 is 1.50 bits per heavy atom. The van der Waals surface area contributed by atoms with Gasteiger partial charge in [0.05, 0.1) is 6.61 Å². The summed E-state index contributed by atoms with van der Waals surface area (Å²) in [6, 6.07) is 4.33. The van der Waals surface area contributed by atoms with Crippen LogP contribution in [0.3, 0.4) is 0 Å². The predicted octanol–water partition coefficient (Wildman–Crippen LogP) is 2.71. The third-order valence-corrected chi connectivity index (χ3v) is 2.82. The fourth-order valence-corrected chi connectivity index (χ4v) is 1.82. The van der Waals surface area contributed by atoms with Crippen LogP contribution in [0.1, 0.15) is 43.4 Å². The van der Waals surface area contributed by atoms with Crippen LogP contribution in [-0.2, 0) is 4.74 Å². The first-order chi connectivity index (χ1) is 6.77. The largest absolute Gasteiger partial charge is 0.381 e. The second-order valence-electron chi connectivity index (χ2n) is 4.23. The van der Waals surface area contributed by atoms with Crippen LogP contribution in [0, 0.1) is 0 Å². The Morgan fingerprint density at radius 2 is 2.36 bits per heavy atom. The number of pyridine rings is 1. The third-order valence-electron chi connectivity index (χ3n) is 2.82. The Morgan fingerprint density at radius 3 is 3.00 bits per heavy atom. The molecule has 2 heteroatoms. The second kappa shape index (κ2) is 4.09. The fraction of sp³-hybridized carbons (Fsp3) is 0.583. The molecule has 0 aromatic carbocycles. The van der Waals surface area contributed by atoms with Gasteiger partial charge in [-0.25, -0.2) is 0 Å². The van der Waals surface area contributed by atoms with Crippen LogP contribution in [0.5, 0.6) is 0 Å². The Hall–Kier alpha value is -0.890. The van der Waals surface area contributed by atoms with Gasteiger partial charge >= 0.3 is 0 Å². The lowest BCUT2D eigenvalue weighted by atomic mass is 9.98. The van der Waals surface area contributed by atoms with E-state index in [1.54, 1.807) is 0 Å². The van der Waals surface area contributed by atoms with Gasteiger partial charge in [-0.2, -0.15) is 0 Å². The third kappa shape index (κ3) is 1.95. The average Bonchev–Trinajstić information content (AvgIpc) is 2.71. The van der Waals surface area contributed by atoms with Crippen molar-refractivity contribution in [2.45, 2.75) is 32.1 Å². The van der Waals surface area contributed by atoms with Crippen LogP contribution in [0.15, 0.2) is 18.3 Å². The van der Waals surface area contributed by atoms with Crippen molar-refractivity contribution in [3.8, 4) is 0 Å². The molecule has 76 valence electrons. The quantitative estimate of drug-likeness (QED) is 0.717. The van der Waals surface area contributed by atoms with Crippen LogP contribution in [0.2, 0.25) is 0 Å². The van der Waals surface area contributed by atoms with E-state index in [-0.39, 0.29) is 0 Å². The molecule has 2 nitrogen and oxygen atoms in total. The molecule has 0 radical (unpaired) electrons. The molecule has 1 aromatic heterocycles. The summed E-state index contributed by atoms with van der Waals surface area (Å²) in [5, 5.41) is 0. The van der Waals surface area contributed by atoms with E-state index in [0.717, 1.165) is 19.6 Å². The molecule has 1 fully saturated rings. The number of nitrogens with zero attached hydrogens (tertiary/aromatic N) is 1. The van der Waals surface area contributed by atoms with Gasteiger partial charge in [-0.3, -0.25) is 4.98 Å². The highest BCUT2D eigenvalue weighted by Crippen LogP contribution is 2.25. The van der Waals surface area contributed by atoms with E-state index in [0.29, 0.717) is 11.8 Å². The second-order valence-corrected chi connectivity index (χ2v) is 4.23. The first-order valence-electron chi connectivity index (χ1n) is 5.31. The SMILES string of the molecule is CC(C)c1ccnc(C2CCOC2)c1.